The molecule has 0 bridgehead atoms. The quantitative estimate of drug-likeness (QED) is 0.699. The van der Waals surface area contributed by atoms with Crippen LogP contribution < -0.4 is 4.74 Å². The molecule has 162 valence electrons. The molecule has 0 atom stereocenters. The summed E-state index contributed by atoms with van der Waals surface area (Å²) in [6, 6.07) is 11.1. The van der Waals surface area contributed by atoms with E-state index < -0.39 is 15.1 Å². The molecule has 8 heteroatoms. The van der Waals surface area contributed by atoms with Gasteiger partial charge in [0.15, 0.2) is 21.4 Å². The fourth-order valence-electron chi connectivity index (χ4n) is 3.42. The topological polar surface area (TPSA) is 66.9 Å². The van der Waals surface area contributed by atoms with Gasteiger partial charge in [0, 0.05) is 38.3 Å². The normalized spacial score (nSPS) is 15.4. The summed E-state index contributed by atoms with van der Waals surface area (Å²) in [6.07, 6.45) is 0. The number of amides is 1. The molecule has 1 aliphatic heterocycles. The Labute approximate surface area is 177 Å². The van der Waals surface area contributed by atoms with E-state index in [2.05, 4.69) is 4.90 Å². The van der Waals surface area contributed by atoms with Crippen LogP contribution >= 0.6 is 0 Å². The van der Waals surface area contributed by atoms with E-state index in [1.807, 2.05) is 6.07 Å². The Hall–Kier alpha value is -2.45. The summed E-state index contributed by atoms with van der Waals surface area (Å²) in [7, 11) is -1.92. The van der Waals surface area contributed by atoms with Gasteiger partial charge in [-0.15, -0.1) is 0 Å². The van der Waals surface area contributed by atoms with Crippen molar-refractivity contribution in [2.45, 2.75) is 30.5 Å². The molecule has 0 saturated carbocycles. The van der Waals surface area contributed by atoms with Gasteiger partial charge in [0.2, 0.25) is 0 Å². The standard InChI is InChI=1S/C22H27FN2O4S/c1-16(2)30(27,28)19-7-5-18(6-8-19)22(26)25-12-10-24(11-13-25)15-17-4-9-21(29-3)20(23)14-17/h4-9,14,16H,10-13,15H2,1-3H3. The monoisotopic (exact) mass is 434 g/mol. The molecule has 0 aromatic heterocycles. The maximum Gasteiger partial charge on any atom is 0.253 e. The van der Waals surface area contributed by atoms with Crippen LogP contribution in [0, 0.1) is 5.82 Å². The van der Waals surface area contributed by atoms with Gasteiger partial charge in [-0.05, 0) is 55.8 Å². The number of piperazine rings is 1. The van der Waals surface area contributed by atoms with Crippen molar-refractivity contribution in [3.63, 3.8) is 0 Å². The van der Waals surface area contributed by atoms with Crippen LogP contribution in [-0.2, 0) is 16.4 Å². The van der Waals surface area contributed by atoms with Gasteiger partial charge < -0.3 is 9.64 Å². The van der Waals surface area contributed by atoms with Gasteiger partial charge in [-0.3, -0.25) is 9.69 Å². The molecule has 3 rings (SSSR count). The number of hydrogen-bond acceptors (Lipinski definition) is 5. The smallest absolute Gasteiger partial charge is 0.253 e. The van der Waals surface area contributed by atoms with Crippen LogP contribution in [0.5, 0.6) is 5.75 Å². The predicted octanol–water partition coefficient (Wildman–Crippen LogP) is 2.97. The van der Waals surface area contributed by atoms with E-state index in [9.17, 15) is 17.6 Å². The van der Waals surface area contributed by atoms with Gasteiger partial charge in [0.1, 0.15) is 0 Å². The number of methoxy groups -OCH3 is 1. The van der Waals surface area contributed by atoms with Crippen molar-refractivity contribution in [3.05, 3.63) is 59.4 Å². The highest BCUT2D eigenvalue weighted by Crippen LogP contribution is 2.20. The van der Waals surface area contributed by atoms with E-state index in [4.69, 9.17) is 4.74 Å². The van der Waals surface area contributed by atoms with E-state index in [1.54, 1.807) is 36.9 Å². The number of ether oxygens (including phenoxy) is 1. The van der Waals surface area contributed by atoms with Crippen LogP contribution in [0.3, 0.4) is 0 Å². The van der Waals surface area contributed by atoms with Crippen molar-refractivity contribution in [2.75, 3.05) is 33.3 Å². The first-order valence-corrected chi connectivity index (χ1v) is 11.4. The molecule has 0 N–H and O–H groups in total. The largest absolute Gasteiger partial charge is 0.494 e. The third-order valence-electron chi connectivity index (χ3n) is 5.33. The Bertz CT molecular complexity index is 998. The highest BCUT2D eigenvalue weighted by Gasteiger charge is 2.24. The zero-order chi connectivity index (χ0) is 21.9. The van der Waals surface area contributed by atoms with E-state index in [-0.39, 0.29) is 22.4 Å². The second kappa shape index (κ2) is 9.14. The lowest BCUT2D eigenvalue weighted by Gasteiger charge is -2.34. The Morgan fingerprint density at radius 3 is 2.23 bits per heavy atom. The van der Waals surface area contributed by atoms with Crippen LogP contribution in [-0.4, -0.2) is 62.7 Å². The summed E-state index contributed by atoms with van der Waals surface area (Å²) in [4.78, 5) is 16.9. The number of nitrogens with zero attached hydrogens (tertiary/aromatic N) is 2. The number of hydrogen-bond donors (Lipinski definition) is 0. The number of sulfone groups is 1. The average Bonchev–Trinajstić information content (AvgIpc) is 2.74. The Morgan fingerprint density at radius 2 is 1.70 bits per heavy atom. The van der Waals surface area contributed by atoms with Crippen LogP contribution in [0.25, 0.3) is 0 Å². The SMILES string of the molecule is COc1ccc(CN2CCN(C(=O)c3ccc(S(=O)(=O)C(C)C)cc3)CC2)cc1F. The van der Waals surface area contributed by atoms with Crippen LogP contribution in [0.4, 0.5) is 4.39 Å². The molecule has 0 spiro atoms. The first-order valence-electron chi connectivity index (χ1n) is 9.90. The second-order valence-corrected chi connectivity index (χ2v) is 10.2. The fourth-order valence-corrected chi connectivity index (χ4v) is 4.48. The van der Waals surface area contributed by atoms with Crippen LogP contribution in [0.15, 0.2) is 47.4 Å². The van der Waals surface area contributed by atoms with E-state index in [1.165, 1.54) is 25.3 Å². The van der Waals surface area contributed by atoms with Crippen molar-refractivity contribution in [1.29, 1.82) is 0 Å². The van der Waals surface area contributed by atoms with E-state index in [0.29, 0.717) is 38.3 Å². The fraction of sp³-hybridized carbons (Fsp3) is 0.409. The van der Waals surface area contributed by atoms with Crippen LogP contribution in [0.2, 0.25) is 0 Å². The minimum Gasteiger partial charge on any atom is -0.494 e. The molecule has 2 aromatic carbocycles. The number of rotatable bonds is 6. The number of halogens is 1. The van der Waals surface area contributed by atoms with Crippen molar-refractivity contribution >= 4 is 15.7 Å². The predicted molar refractivity (Wildman–Crippen MR) is 113 cm³/mol. The van der Waals surface area contributed by atoms with E-state index >= 15 is 0 Å². The molecule has 0 aliphatic carbocycles. The molecule has 1 saturated heterocycles. The Balaban J connectivity index is 1.58. The van der Waals surface area contributed by atoms with Gasteiger partial charge in [-0.25, -0.2) is 12.8 Å². The lowest BCUT2D eigenvalue weighted by Crippen LogP contribution is -2.48. The lowest BCUT2D eigenvalue weighted by molar-refractivity contribution is 0.0628. The molecule has 1 amide bonds. The van der Waals surface area contributed by atoms with Gasteiger partial charge in [-0.2, -0.15) is 0 Å². The minimum absolute atomic E-state index is 0.112. The molecule has 1 aliphatic rings. The third kappa shape index (κ3) is 4.82. The third-order valence-corrected chi connectivity index (χ3v) is 7.50. The summed E-state index contributed by atoms with van der Waals surface area (Å²) in [5, 5.41) is -0.508. The molecular formula is C22H27FN2O4S. The molecule has 0 radical (unpaired) electrons. The minimum atomic E-state index is -3.35. The van der Waals surface area contributed by atoms with Crippen molar-refractivity contribution in [1.82, 2.24) is 9.80 Å². The zero-order valence-corrected chi connectivity index (χ0v) is 18.3. The number of benzene rings is 2. The molecule has 30 heavy (non-hydrogen) atoms. The van der Waals surface area contributed by atoms with E-state index in [0.717, 1.165) is 5.56 Å². The summed E-state index contributed by atoms with van der Waals surface area (Å²) >= 11 is 0. The summed E-state index contributed by atoms with van der Waals surface area (Å²) in [5.74, 6) is -0.272. The highest BCUT2D eigenvalue weighted by molar-refractivity contribution is 7.92. The molecule has 0 unspecified atom stereocenters. The second-order valence-electron chi connectivity index (χ2n) is 7.66. The summed E-state index contributed by atoms with van der Waals surface area (Å²) in [6.45, 7) is 6.35. The molecular weight excluding hydrogens is 407 g/mol. The van der Waals surface area contributed by atoms with Gasteiger partial charge in [-0.1, -0.05) is 6.07 Å². The maximum atomic E-state index is 13.9. The van der Waals surface area contributed by atoms with Gasteiger partial charge in [0.05, 0.1) is 17.3 Å². The molecule has 1 fully saturated rings. The summed E-state index contributed by atoms with van der Waals surface area (Å²) < 4.78 is 43.3. The number of carbonyl (C=O) groups is 1. The Morgan fingerprint density at radius 1 is 1.07 bits per heavy atom. The molecule has 2 aromatic rings. The zero-order valence-electron chi connectivity index (χ0n) is 17.5. The first-order chi connectivity index (χ1) is 14.2. The van der Waals surface area contributed by atoms with Crippen molar-refractivity contribution in [2.24, 2.45) is 0 Å². The molecule has 6 nitrogen and oxygen atoms in total. The van der Waals surface area contributed by atoms with Gasteiger partial charge in [0.25, 0.3) is 5.91 Å². The summed E-state index contributed by atoms with van der Waals surface area (Å²) in [5.41, 5.74) is 1.33. The Kier molecular flexibility index (Phi) is 6.77. The lowest BCUT2D eigenvalue weighted by atomic mass is 10.1. The number of carbonyl (C=O) groups excluding carboxylic acids is 1. The van der Waals surface area contributed by atoms with Crippen molar-refractivity contribution < 1.29 is 22.3 Å². The first kappa shape index (κ1) is 22.2. The average molecular weight is 435 g/mol. The van der Waals surface area contributed by atoms with Crippen molar-refractivity contribution in [3.8, 4) is 5.75 Å². The highest BCUT2D eigenvalue weighted by atomic mass is 32.2. The maximum absolute atomic E-state index is 13.9. The van der Waals surface area contributed by atoms with Gasteiger partial charge >= 0.3 is 0 Å². The molecule has 1 heterocycles. The van der Waals surface area contributed by atoms with Crippen LogP contribution in [0.1, 0.15) is 29.8 Å².